The predicted molar refractivity (Wildman–Crippen MR) is 223 cm³/mol. The van der Waals surface area contributed by atoms with E-state index in [2.05, 4.69) is 45.6 Å². The van der Waals surface area contributed by atoms with Crippen LogP contribution >= 0.6 is 130 Å². The topological polar surface area (TPSA) is 41.9 Å². The van der Waals surface area contributed by atoms with E-state index in [1.54, 1.807) is 30.2 Å². The van der Waals surface area contributed by atoms with E-state index >= 15 is 0 Å². The van der Waals surface area contributed by atoms with Crippen LogP contribution in [0.25, 0.3) is 0 Å². The Bertz CT molecular complexity index is 1560. The third kappa shape index (κ3) is 20.0. The van der Waals surface area contributed by atoms with Crippen molar-refractivity contribution in [1.82, 2.24) is 4.90 Å². The van der Waals surface area contributed by atoms with Gasteiger partial charge in [0.1, 0.15) is 0 Å². The molecule has 1 aliphatic rings. The fourth-order valence-corrected chi connectivity index (χ4v) is 66.6. The molecule has 4 nitrogen and oxygen atoms in total. The van der Waals surface area contributed by atoms with Gasteiger partial charge >= 0.3 is 187 Å². The molecule has 0 amide bonds. The van der Waals surface area contributed by atoms with Crippen LogP contribution in [-0.2, 0) is 31.4 Å². The molecule has 222 valence electrons. The average molecular weight is 897 g/mol. The van der Waals surface area contributed by atoms with Crippen LogP contribution in [0.15, 0.2) is 48.5 Å². The Hall–Kier alpha value is 3.42. The number of benzene rings is 2. The summed E-state index contributed by atoms with van der Waals surface area (Å²) in [6, 6.07) is 16.1. The van der Waals surface area contributed by atoms with Crippen molar-refractivity contribution in [3.05, 3.63) is 70.8 Å². The first-order chi connectivity index (χ1) is 21.1. The standard InChI is InChI=1S/C21H24NO3P17S/c23-21(20-8-5-18(6-9-20)15-22-11-13-24-14-12-22)10-7-17-1-3-19(4-2-17)16-25-43(27)42-41-40-39-38-37-36-35-34-33-32-31-30-29-28-26/h1-6,8-9,21,23H,11-16,26H2. The van der Waals surface area contributed by atoms with Crippen LogP contribution in [0.3, 0.4) is 0 Å². The van der Waals surface area contributed by atoms with Crippen LogP contribution in [0.2, 0.25) is 0 Å². The van der Waals surface area contributed by atoms with Crippen LogP contribution in [-0.4, -0.2) is 36.3 Å². The Morgan fingerprint density at radius 2 is 1.35 bits per heavy atom. The van der Waals surface area contributed by atoms with E-state index in [-0.39, 0.29) is 9.33 Å². The molecule has 0 radical (unpaired) electrons. The molecule has 1 heterocycles. The van der Waals surface area contributed by atoms with Gasteiger partial charge in [-0.3, -0.25) is 4.90 Å². The summed E-state index contributed by atoms with van der Waals surface area (Å²) >= 11 is 0. The number of aliphatic hydroxyl groups is 1. The van der Waals surface area contributed by atoms with Gasteiger partial charge in [-0.1, -0.05) is 21.1 Å². The molecule has 43 heavy (non-hydrogen) atoms. The van der Waals surface area contributed by atoms with Gasteiger partial charge in [-0.15, -0.1) is 0 Å². The van der Waals surface area contributed by atoms with E-state index < -0.39 is 6.10 Å². The van der Waals surface area contributed by atoms with E-state index in [1.165, 1.54) is 88.2 Å². The molecular formula is C21H24NO3P17S. The van der Waals surface area contributed by atoms with Gasteiger partial charge in [0, 0.05) is 19.6 Å². The van der Waals surface area contributed by atoms with E-state index in [1.807, 2.05) is 36.4 Å². The van der Waals surface area contributed by atoms with Gasteiger partial charge in [0.2, 0.25) is 0 Å². The molecule has 0 bridgehead atoms. The first kappa shape index (κ1) is 40.8. The average Bonchev–Trinajstić information content (AvgIpc) is 3.04. The summed E-state index contributed by atoms with van der Waals surface area (Å²) in [5.74, 6) is 6.07. The zero-order valence-electron chi connectivity index (χ0n) is 22.3. The number of morpholine rings is 1. The van der Waals surface area contributed by atoms with Crippen molar-refractivity contribution < 1.29 is 14.0 Å². The van der Waals surface area contributed by atoms with Crippen molar-refractivity contribution >= 4 is 139 Å². The van der Waals surface area contributed by atoms with Crippen molar-refractivity contribution in [2.24, 2.45) is 0 Å². The van der Waals surface area contributed by atoms with Crippen molar-refractivity contribution in [2.45, 2.75) is 19.3 Å². The fraction of sp³-hybridized carbons (Fsp3) is 0.333. The van der Waals surface area contributed by atoms with E-state index in [4.69, 9.17) is 8.92 Å². The summed E-state index contributed by atoms with van der Waals surface area (Å²) in [7, 11) is 29.2. The first-order valence-electron chi connectivity index (χ1n) is 12.1. The van der Waals surface area contributed by atoms with Gasteiger partial charge in [-0.05, 0) is 35.8 Å². The summed E-state index contributed by atoms with van der Waals surface area (Å²) in [5, 5.41) is 10.6. The Balaban J connectivity index is 1.37. The SMILES string of the molecule is OC(C#Cc1ccc(COS(#P)=PP=PP=PP=PP=PP=PP=PP=PP)cc1)c1ccc(CN2CCOCC2)cc1. The molecule has 0 saturated carbocycles. The van der Waals surface area contributed by atoms with Crippen LogP contribution in [0.5, 0.6) is 0 Å². The third-order valence-electron chi connectivity index (χ3n) is 5.08. The van der Waals surface area contributed by atoms with Gasteiger partial charge in [0.15, 0.2) is 0 Å². The van der Waals surface area contributed by atoms with Crippen LogP contribution in [0.4, 0.5) is 0 Å². The Labute approximate surface area is 283 Å². The summed E-state index contributed by atoms with van der Waals surface area (Å²) in [6.07, 6.45) is -0.811. The Kier molecular flexibility index (Phi) is 25.8. The van der Waals surface area contributed by atoms with Gasteiger partial charge in [-0.25, -0.2) is 0 Å². The molecule has 1 aliphatic heterocycles. The molecule has 0 spiro atoms. The second-order valence-electron chi connectivity index (χ2n) is 7.85. The zero-order chi connectivity index (χ0) is 30.4. The minimum Gasteiger partial charge on any atom is -0.379 e. The molecule has 1 N–H and O–H groups in total. The number of hydrogen-bond acceptors (Lipinski definition) is 4. The number of ether oxygens (including phenoxy) is 1. The summed E-state index contributed by atoms with van der Waals surface area (Å²) in [6.45, 7) is 4.98. The van der Waals surface area contributed by atoms with Gasteiger partial charge in [-0.2, -0.15) is 0 Å². The smallest absolute Gasteiger partial charge is 0.379 e. The maximum absolute atomic E-state index is 10.6. The molecule has 1 saturated heterocycles. The molecule has 1 fully saturated rings. The summed E-state index contributed by atoms with van der Waals surface area (Å²) in [4.78, 5) is 2.39. The molecule has 2 unspecified atom stereocenters. The normalized spacial score (nSPS) is 16.1. The summed E-state index contributed by atoms with van der Waals surface area (Å²) in [5.41, 5.74) is 4.03. The second kappa shape index (κ2) is 27.2. The molecule has 22 heteroatoms. The van der Waals surface area contributed by atoms with E-state index in [9.17, 15) is 5.11 Å². The third-order valence-corrected chi connectivity index (χ3v) is 55.3. The molecule has 0 aromatic heterocycles. The van der Waals surface area contributed by atoms with Gasteiger partial charge < -0.3 is 4.74 Å². The van der Waals surface area contributed by atoms with E-state index in [0.29, 0.717) is 6.61 Å². The number of rotatable bonds is 12. The second-order valence-corrected chi connectivity index (χ2v) is 46.8. The Morgan fingerprint density at radius 1 is 0.814 bits per heavy atom. The maximum atomic E-state index is 10.6. The number of nitrogens with zero attached hydrogens (tertiary/aromatic N) is 1. The first-order valence-corrected chi connectivity index (χ1v) is 39.8. The quantitative estimate of drug-likeness (QED) is 0.170. The van der Waals surface area contributed by atoms with Crippen LogP contribution in [0, 0.1) is 11.8 Å². The zero-order valence-corrected chi connectivity index (χ0v) is 38.6. The monoisotopic (exact) mass is 897 g/mol. The minimum atomic E-state index is -0.811. The fourth-order valence-electron chi connectivity index (χ4n) is 3.15. The molecule has 2 atom stereocenters. The van der Waals surface area contributed by atoms with Crippen LogP contribution in [0.1, 0.15) is 28.4 Å². The Morgan fingerprint density at radius 3 is 1.93 bits per heavy atom. The molecular weight excluding hydrogens is 873 g/mol. The van der Waals surface area contributed by atoms with Crippen molar-refractivity contribution in [1.29, 1.82) is 0 Å². The molecule has 0 aliphatic carbocycles. The number of hydrogen-bond donors (Lipinski definition) is 1. The molecule has 3 rings (SSSR count). The van der Waals surface area contributed by atoms with Crippen molar-refractivity contribution in [2.75, 3.05) is 26.3 Å². The molecule has 2 aromatic rings. The van der Waals surface area contributed by atoms with Crippen molar-refractivity contribution in [3.63, 3.8) is 0 Å². The van der Waals surface area contributed by atoms with Gasteiger partial charge in [0.25, 0.3) is 0 Å². The predicted octanol–water partition coefficient (Wildman–Crippen LogP) is 16.7. The molecule has 2 aromatic carbocycles. The van der Waals surface area contributed by atoms with Crippen LogP contribution < -0.4 is 0 Å². The van der Waals surface area contributed by atoms with Gasteiger partial charge in [0.05, 0.1) is 13.2 Å². The van der Waals surface area contributed by atoms with E-state index in [0.717, 1.165) is 49.5 Å². The number of aliphatic hydroxyl groups excluding tert-OH is 1. The summed E-state index contributed by atoms with van der Waals surface area (Å²) < 4.78 is 11.4. The minimum absolute atomic E-state index is 0.368. The van der Waals surface area contributed by atoms with Crippen molar-refractivity contribution in [3.8, 4) is 11.8 Å².